The van der Waals surface area contributed by atoms with Crippen LogP contribution in [-0.2, 0) is 0 Å². The maximum absolute atomic E-state index is 4.78. The van der Waals surface area contributed by atoms with E-state index in [0.717, 1.165) is 16.4 Å². The Morgan fingerprint density at radius 1 is 0.250 bits per heavy atom. The number of pyridine rings is 2. The highest BCUT2D eigenvalue weighted by molar-refractivity contribution is 7.27. The summed E-state index contributed by atoms with van der Waals surface area (Å²) in [5.41, 5.74) is 14.6. The number of thiophene rings is 2. The molecule has 0 aliphatic rings. The van der Waals surface area contributed by atoms with Gasteiger partial charge in [-0.1, -0.05) is 212 Å². The third-order valence-electron chi connectivity index (χ3n) is 14.2. The molecule has 72 heavy (non-hydrogen) atoms. The fraction of sp³-hybridized carbons (Fsp3) is 0. The van der Waals surface area contributed by atoms with Crippen LogP contribution in [0.1, 0.15) is 0 Å². The van der Waals surface area contributed by atoms with Crippen LogP contribution in [0, 0.1) is 0 Å². The molecule has 4 heteroatoms. The van der Waals surface area contributed by atoms with Gasteiger partial charge in [0, 0.05) is 74.3 Å². The summed E-state index contributed by atoms with van der Waals surface area (Å²) in [5, 5.41) is 12.5. The number of hydrogen-bond acceptors (Lipinski definition) is 4. The Morgan fingerprint density at radius 2 is 0.625 bits per heavy atom. The molecular formula is C68H42N2S2. The monoisotopic (exact) mass is 950 g/mol. The minimum absolute atomic E-state index is 1.05. The fourth-order valence-electron chi connectivity index (χ4n) is 10.9. The van der Waals surface area contributed by atoms with Crippen molar-refractivity contribution in [2.24, 2.45) is 0 Å². The summed E-state index contributed by atoms with van der Waals surface area (Å²) in [6.07, 6.45) is 3.78. The number of rotatable bonds is 5. The van der Waals surface area contributed by atoms with Crippen molar-refractivity contribution >= 4 is 106 Å². The predicted molar refractivity (Wildman–Crippen MR) is 311 cm³/mol. The second-order valence-electron chi connectivity index (χ2n) is 18.4. The lowest BCUT2D eigenvalue weighted by Crippen LogP contribution is -1.87. The summed E-state index contributed by atoms with van der Waals surface area (Å²) < 4.78 is 5.36. The van der Waals surface area contributed by atoms with Gasteiger partial charge in [-0.25, -0.2) is 0 Å². The molecule has 15 rings (SSSR count). The van der Waals surface area contributed by atoms with Gasteiger partial charge in [0.05, 0.1) is 11.0 Å². The van der Waals surface area contributed by atoms with Gasteiger partial charge in [0.25, 0.3) is 0 Å². The first-order chi connectivity index (χ1) is 35.7. The number of nitrogens with zero attached hydrogens (tertiary/aromatic N) is 2. The van der Waals surface area contributed by atoms with Crippen molar-refractivity contribution < 1.29 is 0 Å². The van der Waals surface area contributed by atoms with Crippen LogP contribution in [0.4, 0.5) is 0 Å². The highest BCUT2D eigenvalue weighted by atomic mass is 32.1. The molecule has 2 nitrogen and oxygen atoms in total. The Labute approximate surface area is 424 Å². The average Bonchev–Trinajstić information content (AvgIpc) is 4.04. The Morgan fingerprint density at radius 3 is 1.18 bits per heavy atom. The van der Waals surface area contributed by atoms with E-state index in [-0.39, 0.29) is 0 Å². The van der Waals surface area contributed by atoms with Gasteiger partial charge >= 0.3 is 0 Å². The zero-order valence-corrected chi connectivity index (χ0v) is 40.6. The summed E-state index contributed by atoms with van der Waals surface area (Å²) in [6.45, 7) is 0. The van der Waals surface area contributed by atoms with Gasteiger partial charge in [0.15, 0.2) is 0 Å². The summed E-state index contributed by atoms with van der Waals surface area (Å²) in [5.74, 6) is 0. The van der Waals surface area contributed by atoms with Crippen molar-refractivity contribution in [2.75, 3.05) is 0 Å². The quantitative estimate of drug-likeness (QED) is 0.161. The van der Waals surface area contributed by atoms with E-state index in [2.05, 4.69) is 231 Å². The van der Waals surface area contributed by atoms with Crippen LogP contribution in [0.3, 0.4) is 0 Å². The molecule has 0 atom stereocenters. The summed E-state index contributed by atoms with van der Waals surface area (Å²) >= 11 is 3.78. The first kappa shape index (κ1) is 42.1. The van der Waals surface area contributed by atoms with E-state index in [4.69, 9.17) is 9.97 Å². The lowest BCUT2D eigenvalue weighted by Gasteiger charge is -2.11. The molecular weight excluding hydrogens is 909 g/mol. The summed E-state index contributed by atoms with van der Waals surface area (Å²) in [7, 11) is 0. The molecule has 0 spiro atoms. The lowest BCUT2D eigenvalue weighted by molar-refractivity contribution is 1.43. The summed E-state index contributed by atoms with van der Waals surface area (Å²) in [6, 6.07) is 87.5. The van der Waals surface area contributed by atoms with Gasteiger partial charge in [-0.2, -0.15) is 0 Å². The van der Waals surface area contributed by atoms with E-state index >= 15 is 0 Å². The number of fused-ring (bicyclic) bond motifs is 12. The van der Waals surface area contributed by atoms with E-state index in [0.29, 0.717) is 0 Å². The topological polar surface area (TPSA) is 25.8 Å². The molecule has 336 valence electrons. The van der Waals surface area contributed by atoms with Crippen LogP contribution in [0.5, 0.6) is 0 Å². The fourth-order valence-corrected chi connectivity index (χ4v) is 13.5. The van der Waals surface area contributed by atoms with Gasteiger partial charge in [-0.05, 0) is 96.7 Å². The van der Waals surface area contributed by atoms with Crippen LogP contribution in [0.2, 0.25) is 0 Å². The largest absolute Gasteiger partial charge is 0.256 e. The molecule has 0 radical (unpaired) electrons. The minimum atomic E-state index is 1.05. The van der Waals surface area contributed by atoms with Crippen molar-refractivity contribution in [3.8, 4) is 55.6 Å². The molecule has 11 aromatic carbocycles. The second-order valence-corrected chi connectivity index (χ2v) is 20.4. The van der Waals surface area contributed by atoms with Crippen molar-refractivity contribution in [3.05, 3.63) is 255 Å². The first-order valence-corrected chi connectivity index (χ1v) is 26.0. The smallest absolute Gasteiger partial charge is 0.0786 e. The second kappa shape index (κ2) is 17.6. The van der Waals surface area contributed by atoms with Crippen molar-refractivity contribution in [3.63, 3.8) is 0 Å². The summed E-state index contributed by atoms with van der Waals surface area (Å²) in [4.78, 5) is 9.52. The van der Waals surface area contributed by atoms with Crippen LogP contribution >= 0.6 is 22.7 Å². The molecule has 0 aliphatic heterocycles. The van der Waals surface area contributed by atoms with Crippen molar-refractivity contribution in [1.82, 2.24) is 9.97 Å². The molecule has 0 saturated heterocycles. The predicted octanol–water partition coefficient (Wildman–Crippen LogP) is 19.8. The third kappa shape index (κ3) is 7.14. The van der Waals surface area contributed by atoms with E-state index < -0.39 is 0 Å². The average molecular weight is 951 g/mol. The third-order valence-corrected chi connectivity index (χ3v) is 16.7. The number of hydrogen-bond donors (Lipinski definition) is 0. The van der Waals surface area contributed by atoms with Gasteiger partial charge in [-0.15, -0.1) is 22.7 Å². The normalized spacial score (nSPS) is 11.6. The Kier molecular flexibility index (Phi) is 10.3. The first-order valence-electron chi connectivity index (χ1n) is 24.4. The van der Waals surface area contributed by atoms with Gasteiger partial charge in [0.2, 0.25) is 0 Å². The molecule has 0 amide bonds. The van der Waals surface area contributed by atoms with E-state index in [1.807, 2.05) is 47.2 Å². The molecule has 0 N–H and O–H groups in total. The Balaban J connectivity index is 0.000000136. The molecule has 0 aliphatic carbocycles. The van der Waals surface area contributed by atoms with Gasteiger partial charge in [-0.3, -0.25) is 9.97 Å². The zero-order chi connectivity index (χ0) is 47.5. The standard InChI is InChI=1S/C37H23NS.C31H19NS/c1-2-9-24(10-3-1)30-16-6-18-32-33-19-7-17-31(37(33)39-36(30)32)28-13-4-12-27(23-28)29-15-5-11-25-20-21-26-14-8-22-38-35(26)34(25)29;1-2-15-28-26(11-1)27-14-5-13-25(31(27)33-28)23-9-3-8-22(19-23)24-12-4-7-20-16-17-21-10-6-18-32-30(21)29(20)24/h1-23H;1-19H. The lowest BCUT2D eigenvalue weighted by atomic mass is 9.93. The van der Waals surface area contributed by atoms with Crippen LogP contribution in [-0.4, -0.2) is 9.97 Å². The SMILES string of the molecule is c1cc(-c2cccc3c2sc2ccccc23)cc(-c2cccc3ccc4cccnc4c23)c1.c1ccc(-c2cccc3c2sc2c(-c4cccc(-c5cccc6ccc7cccnc7c56)c4)cccc23)cc1. The molecule has 4 aromatic heterocycles. The van der Waals surface area contributed by atoms with Crippen LogP contribution in [0.15, 0.2) is 255 Å². The van der Waals surface area contributed by atoms with E-state index in [1.54, 1.807) is 0 Å². The number of aromatic nitrogens is 2. The molecule has 15 aromatic rings. The maximum Gasteiger partial charge on any atom is 0.0786 e. The van der Waals surface area contributed by atoms with Gasteiger partial charge < -0.3 is 0 Å². The molecule has 0 saturated carbocycles. The van der Waals surface area contributed by atoms with Crippen molar-refractivity contribution in [1.29, 1.82) is 0 Å². The molecule has 4 heterocycles. The van der Waals surface area contributed by atoms with Crippen LogP contribution in [0.25, 0.3) is 139 Å². The molecule has 0 fully saturated rings. The minimum Gasteiger partial charge on any atom is -0.256 e. The van der Waals surface area contributed by atoms with E-state index in [1.165, 1.54) is 123 Å². The van der Waals surface area contributed by atoms with Crippen molar-refractivity contribution in [2.45, 2.75) is 0 Å². The van der Waals surface area contributed by atoms with E-state index in [9.17, 15) is 0 Å². The highest BCUT2D eigenvalue weighted by Gasteiger charge is 2.17. The Bertz CT molecular complexity index is 4580. The molecule has 0 unspecified atom stereocenters. The number of benzene rings is 11. The van der Waals surface area contributed by atoms with Crippen LogP contribution < -0.4 is 0 Å². The highest BCUT2D eigenvalue weighted by Crippen LogP contribution is 2.46. The zero-order valence-electron chi connectivity index (χ0n) is 39.0. The van der Waals surface area contributed by atoms with Gasteiger partial charge in [0.1, 0.15) is 0 Å². The maximum atomic E-state index is 4.78. The Hall–Kier alpha value is -8.80. The molecule has 0 bridgehead atoms.